The molecule has 0 aliphatic carbocycles. The van der Waals surface area contributed by atoms with E-state index in [1.54, 1.807) is 36.9 Å². The van der Waals surface area contributed by atoms with Crippen molar-refractivity contribution in [2.75, 3.05) is 17.9 Å². The Balaban J connectivity index is 2.23. The summed E-state index contributed by atoms with van der Waals surface area (Å²) >= 11 is 6.08. The van der Waals surface area contributed by atoms with Crippen molar-refractivity contribution in [1.82, 2.24) is 20.1 Å². The minimum Gasteiger partial charge on any atom is -0.313 e. The van der Waals surface area contributed by atoms with Crippen molar-refractivity contribution in [2.24, 2.45) is 7.05 Å². The second-order valence-electron chi connectivity index (χ2n) is 7.06. The summed E-state index contributed by atoms with van der Waals surface area (Å²) in [5, 5.41) is 11.3. The fraction of sp³-hybridized carbons (Fsp3) is 0.333. The second-order valence-corrected chi connectivity index (χ2v) is 9.33. The molecule has 0 amide bonds. The molecule has 2 aromatic carbocycles. The van der Waals surface area contributed by atoms with Gasteiger partial charge in [0.1, 0.15) is 11.6 Å². The van der Waals surface area contributed by atoms with E-state index >= 15 is 0 Å². The molecule has 166 valence electrons. The van der Waals surface area contributed by atoms with Gasteiger partial charge in [0.05, 0.1) is 22.2 Å². The average Bonchev–Trinajstić information content (AvgIpc) is 3.11. The lowest BCUT2D eigenvalue weighted by Gasteiger charge is -2.27. The molecule has 10 heteroatoms. The highest BCUT2D eigenvalue weighted by atomic mass is 35.5. The van der Waals surface area contributed by atoms with E-state index in [1.165, 1.54) is 22.5 Å². The largest absolute Gasteiger partial charge is 0.313 e. The summed E-state index contributed by atoms with van der Waals surface area (Å²) in [6.07, 6.45) is 1.36. The first-order valence-corrected chi connectivity index (χ1v) is 11.7. The minimum absolute atomic E-state index is 0.121. The van der Waals surface area contributed by atoms with Crippen LogP contribution >= 0.6 is 11.6 Å². The highest BCUT2D eigenvalue weighted by molar-refractivity contribution is 7.92. The number of rotatable bonds is 9. The van der Waals surface area contributed by atoms with Crippen LogP contribution in [0.25, 0.3) is 11.4 Å². The van der Waals surface area contributed by atoms with Crippen LogP contribution < -0.4 is 9.62 Å². The number of aromatic nitrogens is 3. The van der Waals surface area contributed by atoms with E-state index in [0.29, 0.717) is 30.2 Å². The number of hydrogen-bond donors (Lipinski definition) is 1. The number of nitrogens with one attached hydrogen (secondary N) is 1. The number of anilines is 1. The van der Waals surface area contributed by atoms with E-state index in [9.17, 15) is 12.8 Å². The molecule has 0 saturated carbocycles. The SMILES string of the molecule is CCCCN(c1cc(F)c(Cl)cc1-c1nnc(CNC)n1C)S(=O)(=O)c1ccccc1. The number of nitrogens with zero attached hydrogens (tertiary/aromatic N) is 4. The van der Waals surface area contributed by atoms with Gasteiger partial charge in [0, 0.05) is 25.2 Å². The molecule has 1 heterocycles. The molecule has 0 saturated heterocycles. The molecule has 0 radical (unpaired) electrons. The first-order chi connectivity index (χ1) is 14.8. The quantitative estimate of drug-likeness (QED) is 0.517. The number of unbranched alkanes of at least 4 members (excludes halogenated alkanes) is 1. The molecule has 1 N–H and O–H groups in total. The molecule has 0 fully saturated rings. The van der Waals surface area contributed by atoms with Gasteiger partial charge >= 0.3 is 0 Å². The molecule has 3 rings (SSSR count). The summed E-state index contributed by atoms with van der Waals surface area (Å²) in [6.45, 7) is 2.61. The molecule has 3 aromatic rings. The Morgan fingerprint density at radius 3 is 2.55 bits per heavy atom. The Kier molecular flexibility index (Phi) is 7.30. The van der Waals surface area contributed by atoms with Crippen molar-refractivity contribution in [3.63, 3.8) is 0 Å². The van der Waals surface area contributed by atoms with Crippen LogP contribution in [0.1, 0.15) is 25.6 Å². The average molecular weight is 466 g/mol. The maximum atomic E-state index is 14.6. The maximum absolute atomic E-state index is 14.6. The zero-order chi connectivity index (χ0) is 22.6. The Bertz CT molecular complexity index is 1150. The molecule has 1 aromatic heterocycles. The van der Waals surface area contributed by atoms with E-state index in [2.05, 4.69) is 15.5 Å². The van der Waals surface area contributed by atoms with Crippen LogP contribution in [0.15, 0.2) is 47.4 Å². The lowest BCUT2D eigenvalue weighted by Crippen LogP contribution is -2.32. The van der Waals surface area contributed by atoms with Crippen LogP contribution in [0.2, 0.25) is 5.02 Å². The van der Waals surface area contributed by atoms with Crippen molar-refractivity contribution in [3.05, 3.63) is 59.1 Å². The van der Waals surface area contributed by atoms with Crippen LogP contribution in [0.4, 0.5) is 10.1 Å². The fourth-order valence-corrected chi connectivity index (χ4v) is 4.92. The first kappa shape index (κ1) is 23.2. The highest BCUT2D eigenvalue weighted by Gasteiger charge is 2.29. The van der Waals surface area contributed by atoms with E-state index in [0.717, 1.165) is 12.5 Å². The smallest absolute Gasteiger partial charge is 0.264 e. The third-order valence-electron chi connectivity index (χ3n) is 4.89. The number of hydrogen-bond acceptors (Lipinski definition) is 5. The zero-order valence-corrected chi connectivity index (χ0v) is 19.2. The summed E-state index contributed by atoms with van der Waals surface area (Å²) in [7, 11) is -0.395. The summed E-state index contributed by atoms with van der Waals surface area (Å²) in [5.74, 6) is 0.338. The standard InChI is InChI=1S/C21H25ClFN5O2S/c1-4-5-11-28(31(29,30)15-9-7-6-8-10-15)19-13-18(23)17(22)12-16(19)21-26-25-20(14-24-2)27(21)3/h6-10,12-13,24H,4-5,11,14H2,1-3H3. The van der Waals surface area contributed by atoms with E-state index in [1.807, 2.05) is 6.92 Å². The van der Waals surface area contributed by atoms with Gasteiger partial charge in [-0.25, -0.2) is 12.8 Å². The van der Waals surface area contributed by atoms with Crippen molar-refractivity contribution >= 4 is 27.3 Å². The van der Waals surface area contributed by atoms with E-state index < -0.39 is 15.8 Å². The third kappa shape index (κ3) is 4.73. The van der Waals surface area contributed by atoms with Crippen molar-refractivity contribution in [2.45, 2.75) is 31.2 Å². The van der Waals surface area contributed by atoms with Gasteiger partial charge in [0.25, 0.3) is 10.0 Å². The molecule has 0 aliphatic rings. The van der Waals surface area contributed by atoms with Gasteiger partial charge in [-0.05, 0) is 31.7 Å². The predicted molar refractivity (Wildman–Crippen MR) is 120 cm³/mol. The molecular formula is C21H25ClFN5O2S. The van der Waals surface area contributed by atoms with E-state index in [-0.39, 0.29) is 22.2 Å². The molecule has 0 bridgehead atoms. The lowest BCUT2D eigenvalue weighted by molar-refractivity contribution is 0.588. The van der Waals surface area contributed by atoms with Gasteiger partial charge in [-0.3, -0.25) is 4.31 Å². The topological polar surface area (TPSA) is 80.1 Å². The zero-order valence-electron chi connectivity index (χ0n) is 17.6. The third-order valence-corrected chi connectivity index (χ3v) is 7.01. The molecule has 0 aliphatic heterocycles. The Labute approximate surface area is 186 Å². The molecule has 0 spiro atoms. The van der Waals surface area contributed by atoms with Gasteiger partial charge in [-0.1, -0.05) is 43.1 Å². The molecule has 0 atom stereocenters. The molecule has 7 nitrogen and oxygen atoms in total. The summed E-state index contributed by atoms with van der Waals surface area (Å²) < 4.78 is 44.6. The van der Waals surface area contributed by atoms with Crippen LogP contribution in [-0.4, -0.2) is 36.8 Å². The Morgan fingerprint density at radius 1 is 1.19 bits per heavy atom. The highest BCUT2D eigenvalue weighted by Crippen LogP contribution is 2.37. The normalized spacial score (nSPS) is 11.6. The first-order valence-electron chi connectivity index (χ1n) is 9.91. The van der Waals surface area contributed by atoms with Gasteiger partial charge in [0.2, 0.25) is 0 Å². The predicted octanol–water partition coefficient (Wildman–Crippen LogP) is 3.99. The number of halogens is 2. The monoisotopic (exact) mass is 465 g/mol. The second kappa shape index (κ2) is 9.76. The Morgan fingerprint density at radius 2 is 1.90 bits per heavy atom. The Hall–Kier alpha value is -2.49. The summed E-state index contributed by atoms with van der Waals surface area (Å²) in [6, 6.07) is 10.6. The van der Waals surface area contributed by atoms with Crippen LogP contribution in [-0.2, 0) is 23.6 Å². The maximum Gasteiger partial charge on any atom is 0.264 e. The van der Waals surface area contributed by atoms with Crippen LogP contribution in [0.3, 0.4) is 0 Å². The summed E-state index contributed by atoms with van der Waals surface area (Å²) in [5.41, 5.74) is 0.560. The molecular weight excluding hydrogens is 441 g/mol. The van der Waals surface area contributed by atoms with Gasteiger partial charge in [-0.2, -0.15) is 0 Å². The van der Waals surface area contributed by atoms with Crippen molar-refractivity contribution < 1.29 is 12.8 Å². The van der Waals surface area contributed by atoms with Crippen molar-refractivity contribution in [3.8, 4) is 11.4 Å². The van der Waals surface area contributed by atoms with Gasteiger partial charge in [0.15, 0.2) is 5.82 Å². The number of benzene rings is 2. The van der Waals surface area contributed by atoms with Crippen LogP contribution in [0.5, 0.6) is 0 Å². The minimum atomic E-state index is -3.95. The fourth-order valence-electron chi connectivity index (χ4n) is 3.22. The summed E-state index contributed by atoms with van der Waals surface area (Å²) in [4.78, 5) is 0.126. The lowest BCUT2D eigenvalue weighted by atomic mass is 10.1. The number of sulfonamides is 1. The van der Waals surface area contributed by atoms with E-state index in [4.69, 9.17) is 11.6 Å². The van der Waals surface area contributed by atoms with Gasteiger partial charge < -0.3 is 9.88 Å². The van der Waals surface area contributed by atoms with Gasteiger partial charge in [-0.15, -0.1) is 10.2 Å². The van der Waals surface area contributed by atoms with Crippen LogP contribution in [0, 0.1) is 5.82 Å². The molecule has 0 unspecified atom stereocenters. The molecule has 31 heavy (non-hydrogen) atoms. The van der Waals surface area contributed by atoms with Crippen molar-refractivity contribution in [1.29, 1.82) is 0 Å².